The summed E-state index contributed by atoms with van der Waals surface area (Å²) >= 11 is 0. The Morgan fingerprint density at radius 1 is 1.38 bits per heavy atom. The molecule has 0 aromatic carbocycles. The molecule has 4 heteroatoms. The summed E-state index contributed by atoms with van der Waals surface area (Å²) in [5.74, 6) is -0.157. The number of nitrogens with one attached hydrogen (secondary N) is 1. The molecule has 94 valence electrons. The number of nitrogens with zero attached hydrogens (tertiary/aromatic N) is 1. The van der Waals surface area contributed by atoms with E-state index in [9.17, 15) is 4.79 Å². The Kier molecular flexibility index (Phi) is 5.77. The van der Waals surface area contributed by atoms with Crippen LogP contribution in [0.5, 0.6) is 0 Å². The fourth-order valence-corrected chi connectivity index (χ4v) is 2.17. The highest BCUT2D eigenvalue weighted by Gasteiger charge is 2.19. The largest absolute Gasteiger partial charge is 0.465 e. The monoisotopic (exact) mass is 228 g/mol. The van der Waals surface area contributed by atoms with Crippen LogP contribution < -0.4 is 5.32 Å². The van der Waals surface area contributed by atoms with Crippen molar-refractivity contribution in [3.63, 3.8) is 0 Å². The van der Waals surface area contributed by atoms with Gasteiger partial charge in [0.1, 0.15) is 6.04 Å². The molecule has 0 spiro atoms. The van der Waals surface area contributed by atoms with E-state index in [1.807, 2.05) is 13.8 Å². The maximum absolute atomic E-state index is 11.4. The zero-order chi connectivity index (χ0) is 12.0. The zero-order valence-corrected chi connectivity index (χ0v) is 10.7. The molecule has 0 saturated carbocycles. The second kappa shape index (κ2) is 6.86. The maximum Gasteiger partial charge on any atom is 0.322 e. The molecule has 0 amide bonds. The molecule has 1 heterocycles. The molecule has 2 unspecified atom stereocenters. The predicted molar refractivity (Wildman–Crippen MR) is 64.4 cm³/mol. The van der Waals surface area contributed by atoms with Gasteiger partial charge in [0.05, 0.1) is 6.61 Å². The average molecular weight is 228 g/mol. The van der Waals surface area contributed by atoms with E-state index in [4.69, 9.17) is 4.74 Å². The van der Waals surface area contributed by atoms with Crippen molar-refractivity contribution in [3.8, 4) is 0 Å². The van der Waals surface area contributed by atoms with Gasteiger partial charge in [-0.3, -0.25) is 4.79 Å². The average Bonchev–Trinajstić information content (AvgIpc) is 2.70. The van der Waals surface area contributed by atoms with Crippen LogP contribution in [0.3, 0.4) is 0 Å². The number of carbonyl (C=O) groups is 1. The standard InChI is InChI=1S/C12H24N2O2/c1-4-16-12(15)11(3)13-10(2)9-14-7-5-6-8-14/h10-11,13H,4-9H2,1-3H3. The number of ether oxygens (including phenoxy) is 1. The Morgan fingerprint density at radius 2 is 2.00 bits per heavy atom. The van der Waals surface area contributed by atoms with Crippen molar-refractivity contribution < 1.29 is 9.53 Å². The van der Waals surface area contributed by atoms with Gasteiger partial charge < -0.3 is 15.0 Å². The van der Waals surface area contributed by atoms with Gasteiger partial charge in [0, 0.05) is 12.6 Å². The molecule has 1 aliphatic heterocycles. The summed E-state index contributed by atoms with van der Waals surface area (Å²) in [6.45, 7) is 9.67. The fraction of sp³-hybridized carbons (Fsp3) is 0.917. The van der Waals surface area contributed by atoms with Gasteiger partial charge in [-0.2, -0.15) is 0 Å². The molecule has 1 fully saturated rings. The Morgan fingerprint density at radius 3 is 2.56 bits per heavy atom. The Hall–Kier alpha value is -0.610. The zero-order valence-electron chi connectivity index (χ0n) is 10.7. The van der Waals surface area contributed by atoms with Crippen LogP contribution in [0.15, 0.2) is 0 Å². The molecule has 4 nitrogen and oxygen atoms in total. The van der Waals surface area contributed by atoms with E-state index in [1.165, 1.54) is 25.9 Å². The van der Waals surface area contributed by atoms with Gasteiger partial charge in [0.25, 0.3) is 0 Å². The van der Waals surface area contributed by atoms with E-state index in [0.717, 1.165) is 6.54 Å². The van der Waals surface area contributed by atoms with Crippen molar-refractivity contribution in [2.75, 3.05) is 26.2 Å². The van der Waals surface area contributed by atoms with Gasteiger partial charge in [0.15, 0.2) is 0 Å². The highest BCUT2D eigenvalue weighted by Crippen LogP contribution is 2.07. The van der Waals surface area contributed by atoms with E-state index < -0.39 is 0 Å². The van der Waals surface area contributed by atoms with Gasteiger partial charge >= 0.3 is 5.97 Å². The summed E-state index contributed by atoms with van der Waals surface area (Å²) in [5.41, 5.74) is 0. The number of esters is 1. The van der Waals surface area contributed by atoms with E-state index in [2.05, 4.69) is 17.1 Å². The molecule has 16 heavy (non-hydrogen) atoms. The van der Waals surface area contributed by atoms with Gasteiger partial charge in [-0.05, 0) is 46.7 Å². The summed E-state index contributed by atoms with van der Waals surface area (Å²) in [6, 6.07) is 0.120. The van der Waals surface area contributed by atoms with Crippen LogP contribution in [-0.2, 0) is 9.53 Å². The smallest absolute Gasteiger partial charge is 0.322 e. The van der Waals surface area contributed by atoms with Crippen molar-refractivity contribution in [3.05, 3.63) is 0 Å². The number of carbonyl (C=O) groups excluding carboxylic acids is 1. The van der Waals surface area contributed by atoms with Crippen LogP contribution in [0, 0.1) is 0 Å². The highest BCUT2D eigenvalue weighted by molar-refractivity contribution is 5.75. The van der Waals surface area contributed by atoms with Crippen LogP contribution >= 0.6 is 0 Å². The molecule has 0 bridgehead atoms. The molecule has 1 rings (SSSR count). The third kappa shape index (κ3) is 4.49. The summed E-state index contributed by atoms with van der Waals surface area (Å²) in [7, 11) is 0. The number of hydrogen-bond acceptors (Lipinski definition) is 4. The van der Waals surface area contributed by atoms with Crippen molar-refractivity contribution in [1.29, 1.82) is 0 Å². The third-order valence-electron chi connectivity index (χ3n) is 2.91. The number of likely N-dealkylation sites (tertiary alicyclic amines) is 1. The van der Waals surface area contributed by atoms with Crippen LogP contribution in [-0.4, -0.2) is 49.2 Å². The number of rotatable bonds is 6. The van der Waals surface area contributed by atoms with Crippen molar-refractivity contribution in [1.82, 2.24) is 10.2 Å². The lowest BCUT2D eigenvalue weighted by Gasteiger charge is -2.23. The second-order valence-electron chi connectivity index (χ2n) is 4.55. The van der Waals surface area contributed by atoms with Gasteiger partial charge in [0.2, 0.25) is 0 Å². The van der Waals surface area contributed by atoms with Crippen LogP contribution in [0.1, 0.15) is 33.6 Å². The molecular weight excluding hydrogens is 204 g/mol. The topological polar surface area (TPSA) is 41.6 Å². The summed E-state index contributed by atoms with van der Waals surface area (Å²) in [5, 5.41) is 3.28. The van der Waals surface area contributed by atoms with E-state index in [-0.39, 0.29) is 12.0 Å². The summed E-state index contributed by atoms with van der Waals surface area (Å²) in [4.78, 5) is 13.9. The maximum atomic E-state index is 11.4. The van der Waals surface area contributed by atoms with Crippen LogP contribution in [0.2, 0.25) is 0 Å². The number of hydrogen-bond donors (Lipinski definition) is 1. The molecule has 1 N–H and O–H groups in total. The Labute approximate surface area is 98.3 Å². The van der Waals surface area contributed by atoms with Crippen LogP contribution in [0.25, 0.3) is 0 Å². The minimum absolute atomic E-state index is 0.157. The molecular formula is C12H24N2O2. The molecule has 1 saturated heterocycles. The predicted octanol–water partition coefficient (Wildman–Crippen LogP) is 1.01. The lowest BCUT2D eigenvalue weighted by atomic mass is 10.2. The molecule has 2 atom stereocenters. The quantitative estimate of drug-likeness (QED) is 0.689. The first-order valence-electron chi connectivity index (χ1n) is 6.28. The molecule has 0 aliphatic carbocycles. The minimum atomic E-state index is -0.211. The summed E-state index contributed by atoms with van der Waals surface area (Å²) < 4.78 is 4.96. The van der Waals surface area contributed by atoms with Gasteiger partial charge in [-0.25, -0.2) is 0 Å². The van der Waals surface area contributed by atoms with Crippen LogP contribution in [0.4, 0.5) is 0 Å². The Bertz CT molecular complexity index is 215. The molecule has 0 aromatic rings. The van der Waals surface area contributed by atoms with E-state index >= 15 is 0 Å². The SMILES string of the molecule is CCOC(=O)C(C)NC(C)CN1CCCC1. The van der Waals surface area contributed by atoms with E-state index in [1.54, 1.807) is 0 Å². The van der Waals surface area contributed by atoms with Gasteiger partial charge in [-0.1, -0.05) is 0 Å². The lowest BCUT2D eigenvalue weighted by Crippen LogP contribution is -2.45. The molecule has 0 aromatic heterocycles. The molecule has 0 radical (unpaired) electrons. The minimum Gasteiger partial charge on any atom is -0.465 e. The summed E-state index contributed by atoms with van der Waals surface area (Å²) in [6.07, 6.45) is 2.61. The first kappa shape index (κ1) is 13.5. The second-order valence-corrected chi connectivity index (χ2v) is 4.55. The van der Waals surface area contributed by atoms with Crippen molar-refractivity contribution >= 4 is 5.97 Å². The molecule has 1 aliphatic rings. The van der Waals surface area contributed by atoms with Crippen molar-refractivity contribution in [2.45, 2.75) is 45.7 Å². The van der Waals surface area contributed by atoms with E-state index in [0.29, 0.717) is 12.6 Å². The third-order valence-corrected chi connectivity index (χ3v) is 2.91. The van der Waals surface area contributed by atoms with Crippen molar-refractivity contribution in [2.24, 2.45) is 0 Å². The van der Waals surface area contributed by atoms with Gasteiger partial charge in [-0.15, -0.1) is 0 Å². The fourth-order valence-electron chi connectivity index (χ4n) is 2.17. The first-order chi connectivity index (χ1) is 7.63. The highest BCUT2D eigenvalue weighted by atomic mass is 16.5. The Balaban J connectivity index is 2.21. The lowest BCUT2D eigenvalue weighted by molar-refractivity contribution is -0.145. The first-order valence-corrected chi connectivity index (χ1v) is 6.28. The normalized spacial score (nSPS) is 20.7.